The van der Waals surface area contributed by atoms with Gasteiger partial charge in [-0.2, -0.15) is 5.26 Å². The number of carbonyl (C=O) groups excluding carboxylic acids is 1. The van der Waals surface area contributed by atoms with Crippen molar-refractivity contribution < 1.29 is 4.79 Å². The second-order valence-corrected chi connectivity index (χ2v) is 5.96. The molecule has 0 N–H and O–H groups in total. The highest BCUT2D eigenvalue weighted by Gasteiger charge is 2.35. The molecule has 0 unspecified atom stereocenters. The SMILES string of the molecule is CN(C(=O)C1CC1)C1CCN(c2ccc(C#N)nc2)CC1. The lowest BCUT2D eigenvalue weighted by molar-refractivity contribution is -0.133. The molecule has 1 aliphatic carbocycles. The van der Waals surface area contributed by atoms with Crippen LogP contribution in [0.15, 0.2) is 18.3 Å². The lowest BCUT2D eigenvalue weighted by Gasteiger charge is -2.37. The average molecular weight is 284 g/mol. The average Bonchev–Trinajstić information content (AvgIpc) is 3.39. The number of hydrogen-bond acceptors (Lipinski definition) is 4. The summed E-state index contributed by atoms with van der Waals surface area (Å²) in [5.41, 5.74) is 1.51. The molecule has 1 aromatic rings. The molecule has 1 saturated heterocycles. The number of hydrogen-bond donors (Lipinski definition) is 0. The van der Waals surface area contributed by atoms with Crippen LogP contribution in [0, 0.1) is 17.2 Å². The van der Waals surface area contributed by atoms with E-state index in [1.54, 1.807) is 12.3 Å². The smallest absolute Gasteiger partial charge is 0.225 e. The summed E-state index contributed by atoms with van der Waals surface area (Å²) in [5.74, 6) is 0.629. The standard InChI is InChI=1S/C16H20N4O/c1-19(16(21)12-2-3-12)14-6-8-20(9-7-14)15-5-4-13(10-17)18-11-15/h4-5,11-12,14H,2-3,6-9H2,1H3. The van der Waals surface area contributed by atoms with Gasteiger partial charge in [0, 0.05) is 32.1 Å². The van der Waals surface area contributed by atoms with Gasteiger partial charge in [0.05, 0.1) is 11.9 Å². The molecular formula is C16H20N4O. The Balaban J connectivity index is 1.56. The number of amides is 1. The molecule has 110 valence electrons. The van der Waals surface area contributed by atoms with E-state index in [4.69, 9.17) is 5.26 Å². The summed E-state index contributed by atoms with van der Waals surface area (Å²) in [4.78, 5) is 20.5. The van der Waals surface area contributed by atoms with Gasteiger partial charge >= 0.3 is 0 Å². The fourth-order valence-corrected chi connectivity index (χ4v) is 2.95. The van der Waals surface area contributed by atoms with Crippen molar-refractivity contribution in [3.8, 4) is 6.07 Å². The molecule has 21 heavy (non-hydrogen) atoms. The molecule has 1 saturated carbocycles. The molecule has 0 bridgehead atoms. The molecular weight excluding hydrogens is 264 g/mol. The fourth-order valence-electron chi connectivity index (χ4n) is 2.95. The summed E-state index contributed by atoms with van der Waals surface area (Å²) in [6.07, 6.45) is 5.89. The number of nitriles is 1. The molecule has 0 aromatic carbocycles. The van der Waals surface area contributed by atoms with Crippen LogP contribution in [0.4, 0.5) is 5.69 Å². The number of anilines is 1. The lowest BCUT2D eigenvalue weighted by atomic mass is 10.0. The van der Waals surface area contributed by atoms with Crippen molar-refractivity contribution in [2.24, 2.45) is 5.92 Å². The third kappa shape index (κ3) is 2.99. The Kier molecular flexibility index (Phi) is 3.78. The van der Waals surface area contributed by atoms with Crippen LogP contribution in [0.3, 0.4) is 0 Å². The first kappa shape index (κ1) is 13.9. The third-order valence-electron chi connectivity index (χ3n) is 4.51. The van der Waals surface area contributed by atoms with Gasteiger partial charge in [0.15, 0.2) is 0 Å². The Hall–Kier alpha value is -2.09. The summed E-state index contributed by atoms with van der Waals surface area (Å²) < 4.78 is 0. The topological polar surface area (TPSA) is 60.2 Å². The van der Waals surface area contributed by atoms with Crippen LogP contribution in [0.25, 0.3) is 0 Å². The Morgan fingerprint density at radius 1 is 1.33 bits per heavy atom. The van der Waals surface area contributed by atoms with Gasteiger partial charge in [-0.3, -0.25) is 4.79 Å². The molecule has 0 atom stereocenters. The monoisotopic (exact) mass is 284 g/mol. The second-order valence-electron chi connectivity index (χ2n) is 5.96. The van der Waals surface area contributed by atoms with E-state index in [1.807, 2.05) is 24.1 Å². The van der Waals surface area contributed by atoms with E-state index in [0.717, 1.165) is 44.5 Å². The van der Waals surface area contributed by atoms with Gasteiger partial charge in [0.1, 0.15) is 11.8 Å². The molecule has 0 radical (unpaired) electrons. The van der Waals surface area contributed by atoms with Crippen molar-refractivity contribution in [2.45, 2.75) is 31.7 Å². The molecule has 2 aliphatic rings. The van der Waals surface area contributed by atoms with E-state index in [-0.39, 0.29) is 0 Å². The highest BCUT2D eigenvalue weighted by molar-refractivity contribution is 5.81. The van der Waals surface area contributed by atoms with Crippen molar-refractivity contribution in [1.82, 2.24) is 9.88 Å². The van der Waals surface area contributed by atoms with Crippen LogP contribution in [0.1, 0.15) is 31.4 Å². The zero-order valence-electron chi connectivity index (χ0n) is 12.3. The summed E-state index contributed by atoms with van der Waals surface area (Å²) in [6.45, 7) is 1.86. The second kappa shape index (κ2) is 5.72. The number of pyridine rings is 1. The highest BCUT2D eigenvalue weighted by Crippen LogP contribution is 2.32. The van der Waals surface area contributed by atoms with Crippen molar-refractivity contribution >= 4 is 11.6 Å². The van der Waals surface area contributed by atoms with Crippen molar-refractivity contribution in [2.75, 3.05) is 25.0 Å². The molecule has 2 heterocycles. The maximum atomic E-state index is 12.1. The maximum Gasteiger partial charge on any atom is 0.225 e. The van der Waals surface area contributed by atoms with E-state index in [0.29, 0.717) is 23.6 Å². The van der Waals surface area contributed by atoms with Gasteiger partial charge in [-0.25, -0.2) is 4.98 Å². The van der Waals surface area contributed by atoms with Gasteiger partial charge in [0.2, 0.25) is 5.91 Å². The number of nitrogens with zero attached hydrogens (tertiary/aromatic N) is 4. The minimum Gasteiger partial charge on any atom is -0.370 e. The van der Waals surface area contributed by atoms with Crippen LogP contribution in [-0.4, -0.2) is 42.0 Å². The highest BCUT2D eigenvalue weighted by atomic mass is 16.2. The largest absolute Gasteiger partial charge is 0.370 e. The molecule has 1 aromatic heterocycles. The molecule has 5 heteroatoms. The van der Waals surface area contributed by atoms with Crippen molar-refractivity contribution in [3.05, 3.63) is 24.0 Å². The number of piperidine rings is 1. The van der Waals surface area contributed by atoms with E-state index >= 15 is 0 Å². The van der Waals surface area contributed by atoms with Gasteiger partial charge in [-0.1, -0.05) is 0 Å². The molecule has 1 aliphatic heterocycles. The molecule has 3 rings (SSSR count). The molecule has 5 nitrogen and oxygen atoms in total. The Morgan fingerprint density at radius 2 is 2.05 bits per heavy atom. The summed E-state index contributed by atoms with van der Waals surface area (Å²) in [5, 5.41) is 8.77. The summed E-state index contributed by atoms with van der Waals surface area (Å²) in [6, 6.07) is 6.10. The van der Waals surface area contributed by atoms with Crippen molar-refractivity contribution in [1.29, 1.82) is 5.26 Å². The zero-order chi connectivity index (χ0) is 14.8. The van der Waals surface area contributed by atoms with Gasteiger partial charge in [-0.15, -0.1) is 0 Å². The Bertz CT molecular complexity index is 551. The van der Waals surface area contributed by atoms with E-state index in [1.165, 1.54) is 0 Å². The van der Waals surface area contributed by atoms with Gasteiger partial charge in [-0.05, 0) is 37.8 Å². The molecule has 2 fully saturated rings. The fraction of sp³-hybridized carbons (Fsp3) is 0.562. The van der Waals surface area contributed by atoms with E-state index in [9.17, 15) is 4.79 Å². The Morgan fingerprint density at radius 3 is 2.57 bits per heavy atom. The Labute approximate surface area is 125 Å². The number of carbonyl (C=O) groups is 1. The first-order valence-electron chi connectivity index (χ1n) is 7.57. The normalized spacial score (nSPS) is 19.1. The van der Waals surface area contributed by atoms with Crippen molar-refractivity contribution in [3.63, 3.8) is 0 Å². The predicted molar refractivity (Wildman–Crippen MR) is 79.7 cm³/mol. The van der Waals surface area contributed by atoms with Gasteiger partial charge < -0.3 is 9.80 Å². The van der Waals surface area contributed by atoms with Gasteiger partial charge in [0.25, 0.3) is 0 Å². The van der Waals surface area contributed by atoms with Crippen LogP contribution < -0.4 is 4.90 Å². The van der Waals surface area contributed by atoms with Crippen LogP contribution >= 0.6 is 0 Å². The quantitative estimate of drug-likeness (QED) is 0.849. The van der Waals surface area contributed by atoms with Crippen LogP contribution in [-0.2, 0) is 4.79 Å². The summed E-state index contributed by atoms with van der Waals surface area (Å²) >= 11 is 0. The third-order valence-corrected chi connectivity index (χ3v) is 4.51. The maximum absolute atomic E-state index is 12.1. The first-order valence-corrected chi connectivity index (χ1v) is 7.57. The van der Waals surface area contributed by atoms with Crippen LogP contribution in [0.5, 0.6) is 0 Å². The van der Waals surface area contributed by atoms with Crippen LogP contribution in [0.2, 0.25) is 0 Å². The first-order chi connectivity index (χ1) is 10.2. The van der Waals surface area contributed by atoms with E-state index in [2.05, 4.69) is 9.88 Å². The van der Waals surface area contributed by atoms with E-state index < -0.39 is 0 Å². The minimum absolute atomic E-state index is 0.302. The zero-order valence-corrected chi connectivity index (χ0v) is 12.3. The molecule has 0 spiro atoms. The minimum atomic E-state index is 0.302. The number of rotatable bonds is 3. The summed E-state index contributed by atoms with van der Waals surface area (Å²) in [7, 11) is 1.95. The molecule has 1 amide bonds. The number of aromatic nitrogens is 1. The predicted octanol–water partition coefficient (Wildman–Crippen LogP) is 1.79. The lowest BCUT2D eigenvalue weighted by Crippen LogP contribution is -2.46.